The van der Waals surface area contributed by atoms with E-state index in [4.69, 9.17) is 10.00 Å². The zero-order valence-corrected chi connectivity index (χ0v) is 14.8. The topological polar surface area (TPSA) is 66.2 Å². The molecule has 1 saturated heterocycles. The minimum absolute atomic E-state index is 0.00497. The van der Waals surface area contributed by atoms with Gasteiger partial charge in [-0.25, -0.2) is 4.98 Å². The minimum Gasteiger partial charge on any atom is -0.473 e. The predicted octanol–water partition coefficient (Wildman–Crippen LogP) is 3.35. The van der Waals surface area contributed by atoms with Crippen molar-refractivity contribution >= 4 is 5.91 Å². The fourth-order valence-electron chi connectivity index (χ4n) is 3.20. The van der Waals surface area contributed by atoms with Crippen molar-refractivity contribution in [3.05, 3.63) is 59.8 Å². The molecule has 5 nitrogen and oxygen atoms in total. The Balaban J connectivity index is 1.42. The zero-order chi connectivity index (χ0) is 18.2. The lowest BCUT2D eigenvalue weighted by Crippen LogP contribution is -2.41. The highest BCUT2D eigenvalue weighted by atomic mass is 16.5. The highest BCUT2D eigenvalue weighted by Gasteiger charge is 2.24. The number of piperidine rings is 1. The molecule has 1 fully saturated rings. The van der Waals surface area contributed by atoms with Crippen LogP contribution in [0.15, 0.2) is 48.7 Å². The third kappa shape index (κ3) is 4.82. The van der Waals surface area contributed by atoms with Gasteiger partial charge in [-0.3, -0.25) is 4.79 Å². The van der Waals surface area contributed by atoms with Gasteiger partial charge in [0.2, 0.25) is 11.8 Å². The summed E-state index contributed by atoms with van der Waals surface area (Å²) in [6, 6.07) is 15.8. The van der Waals surface area contributed by atoms with Gasteiger partial charge in [0.25, 0.3) is 0 Å². The summed E-state index contributed by atoms with van der Waals surface area (Å²) in [6.45, 7) is 1.40. The number of amides is 1. The van der Waals surface area contributed by atoms with Gasteiger partial charge in [0.1, 0.15) is 17.7 Å². The number of nitriles is 1. The Morgan fingerprint density at radius 2 is 1.96 bits per heavy atom. The largest absolute Gasteiger partial charge is 0.473 e. The van der Waals surface area contributed by atoms with Crippen LogP contribution in [-0.2, 0) is 11.2 Å². The van der Waals surface area contributed by atoms with Crippen molar-refractivity contribution in [2.24, 2.45) is 0 Å². The van der Waals surface area contributed by atoms with E-state index in [1.54, 1.807) is 18.3 Å². The van der Waals surface area contributed by atoms with E-state index in [2.05, 4.69) is 23.2 Å². The first-order valence-electron chi connectivity index (χ1n) is 9.10. The van der Waals surface area contributed by atoms with Gasteiger partial charge in [0.05, 0.1) is 0 Å². The van der Waals surface area contributed by atoms with E-state index in [1.165, 1.54) is 5.56 Å². The van der Waals surface area contributed by atoms with E-state index < -0.39 is 0 Å². The molecule has 1 aliphatic heterocycles. The molecule has 1 aliphatic rings. The van der Waals surface area contributed by atoms with E-state index >= 15 is 0 Å². The van der Waals surface area contributed by atoms with Crippen molar-refractivity contribution in [2.45, 2.75) is 38.2 Å². The number of nitrogens with zero attached hydrogens (tertiary/aromatic N) is 3. The molecule has 0 N–H and O–H groups in total. The first-order valence-corrected chi connectivity index (χ1v) is 9.10. The molecule has 26 heavy (non-hydrogen) atoms. The van der Waals surface area contributed by atoms with Crippen LogP contribution < -0.4 is 4.74 Å². The van der Waals surface area contributed by atoms with E-state index in [9.17, 15) is 4.79 Å². The molecule has 0 bridgehead atoms. The van der Waals surface area contributed by atoms with Crippen LogP contribution in [-0.4, -0.2) is 35.0 Å². The van der Waals surface area contributed by atoms with Crippen molar-refractivity contribution in [3.8, 4) is 11.9 Å². The Bertz CT molecular complexity index is 762. The number of carbonyl (C=O) groups is 1. The van der Waals surface area contributed by atoms with Crippen LogP contribution >= 0.6 is 0 Å². The number of aromatic nitrogens is 1. The molecule has 134 valence electrons. The number of carbonyl (C=O) groups excluding carboxylic acids is 1. The highest BCUT2D eigenvalue weighted by molar-refractivity contribution is 5.76. The van der Waals surface area contributed by atoms with Crippen molar-refractivity contribution in [3.63, 3.8) is 0 Å². The fourth-order valence-corrected chi connectivity index (χ4v) is 3.20. The molecule has 0 saturated carbocycles. The maximum atomic E-state index is 12.4. The molecule has 1 aromatic carbocycles. The summed E-state index contributed by atoms with van der Waals surface area (Å²) in [5.74, 6) is 0.609. The monoisotopic (exact) mass is 349 g/mol. The summed E-state index contributed by atoms with van der Waals surface area (Å²) < 4.78 is 5.87. The van der Waals surface area contributed by atoms with Gasteiger partial charge in [-0.15, -0.1) is 0 Å². The van der Waals surface area contributed by atoms with Crippen molar-refractivity contribution < 1.29 is 9.53 Å². The van der Waals surface area contributed by atoms with Crippen molar-refractivity contribution in [1.29, 1.82) is 5.26 Å². The number of hydrogen-bond acceptors (Lipinski definition) is 4. The van der Waals surface area contributed by atoms with Crippen LogP contribution in [0, 0.1) is 11.3 Å². The second kappa shape index (κ2) is 9.00. The summed E-state index contributed by atoms with van der Waals surface area (Å²) in [4.78, 5) is 18.5. The molecule has 2 aromatic rings. The number of aryl methyl sites for hydroxylation is 1. The second-order valence-electron chi connectivity index (χ2n) is 6.51. The lowest BCUT2D eigenvalue weighted by atomic mass is 10.1. The zero-order valence-electron chi connectivity index (χ0n) is 14.8. The Kier molecular flexibility index (Phi) is 6.21. The number of likely N-dealkylation sites (tertiary alicyclic amines) is 1. The van der Waals surface area contributed by atoms with E-state index in [0.717, 1.165) is 25.7 Å². The number of ether oxygens (including phenoxy) is 1. The average Bonchev–Trinajstić information content (AvgIpc) is 2.70. The molecule has 5 heteroatoms. The van der Waals surface area contributed by atoms with Crippen LogP contribution in [0.5, 0.6) is 5.88 Å². The molecule has 0 aliphatic carbocycles. The number of pyridine rings is 1. The molecule has 2 heterocycles. The molecule has 1 amide bonds. The SMILES string of the molecule is N#Cc1cccnc1OC1CCN(C(=O)CCCc2ccccc2)CC1. The Hall–Kier alpha value is -2.87. The predicted molar refractivity (Wildman–Crippen MR) is 98.6 cm³/mol. The first-order chi connectivity index (χ1) is 12.8. The summed E-state index contributed by atoms with van der Waals surface area (Å²) in [5.41, 5.74) is 1.72. The third-order valence-corrected chi connectivity index (χ3v) is 4.66. The molecular weight excluding hydrogens is 326 g/mol. The molecular formula is C21H23N3O2. The Labute approximate surface area is 154 Å². The molecule has 0 unspecified atom stereocenters. The second-order valence-corrected chi connectivity index (χ2v) is 6.51. The van der Waals surface area contributed by atoms with Crippen molar-refractivity contribution in [1.82, 2.24) is 9.88 Å². The average molecular weight is 349 g/mol. The molecule has 0 spiro atoms. The Morgan fingerprint density at radius 3 is 2.69 bits per heavy atom. The lowest BCUT2D eigenvalue weighted by molar-refractivity contribution is -0.133. The quantitative estimate of drug-likeness (QED) is 0.802. The van der Waals surface area contributed by atoms with Crippen LogP contribution in [0.4, 0.5) is 0 Å². The maximum absolute atomic E-state index is 12.4. The summed E-state index contributed by atoms with van der Waals surface area (Å²) in [5, 5.41) is 9.10. The van der Waals surface area contributed by atoms with Gasteiger partial charge >= 0.3 is 0 Å². The molecule has 0 atom stereocenters. The van der Waals surface area contributed by atoms with Gasteiger partial charge < -0.3 is 9.64 Å². The van der Waals surface area contributed by atoms with E-state index in [0.29, 0.717) is 31.0 Å². The number of benzene rings is 1. The normalized spacial score (nSPS) is 14.7. The van der Waals surface area contributed by atoms with Gasteiger partial charge in [0.15, 0.2) is 0 Å². The van der Waals surface area contributed by atoms with E-state index in [-0.39, 0.29) is 12.0 Å². The Morgan fingerprint density at radius 1 is 1.19 bits per heavy atom. The summed E-state index contributed by atoms with van der Waals surface area (Å²) in [6.07, 6.45) is 5.56. The number of hydrogen-bond donors (Lipinski definition) is 0. The van der Waals surface area contributed by atoms with Crippen LogP contribution in [0.2, 0.25) is 0 Å². The molecule has 3 rings (SSSR count). The maximum Gasteiger partial charge on any atom is 0.231 e. The van der Waals surface area contributed by atoms with Gasteiger partial charge in [0, 0.05) is 38.5 Å². The van der Waals surface area contributed by atoms with Crippen LogP contribution in [0.25, 0.3) is 0 Å². The first kappa shape index (κ1) is 17.9. The standard InChI is InChI=1S/C21H23N3O2/c22-16-18-9-5-13-23-21(18)26-19-11-14-24(15-12-19)20(25)10-4-8-17-6-2-1-3-7-17/h1-3,5-7,9,13,19H,4,8,10-12,14-15H2. The van der Waals surface area contributed by atoms with Gasteiger partial charge in [-0.2, -0.15) is 5.26 Å². The fraction of sp³-hybridized carbons (Fsp3) is 0.381. The third-order valence-electron chi connectivity index (χ3n) is 4.66. The van der Waals surface area contributed by atoms with Crippen LogP contribution in [0.3, 0.4) is 0 Å². The summed E-state index contributed by atoms with van der Waals surface area (Å²) in [7, 11) is 0. The van der Waals surface area contributed by atoms with Gasteiger partial charge in [-0.1, -0.05) is 30.3 Å². The molecule has 0 radical (unpaired) electrons. The summed E-state index contributed by atoms with van der Waals surface area (Å²) >= 11 is 0. The highest BCUT2D eigenvalue weighted by Crippen LogP contribution is 2.20. The smallest absolute Gasteiger partial charge is 0.231 e. The molecule has 1 aromatic heterocycles. The van der Waals surface area contributed by atoms with Crippen molar-refractivity contribution in [2.75, 3.05) is 13.1 Å². The lowest BCUT2D eigenvalue weighted by Gasteiger charge is -2.32. The van der Waals surface area contributed by atoms with Crippen LogP contribution in [0.1, 0.15) is 36.8 Å². The number of rotatable bonds is 6. The van der Waals surface area contributed by atoms with E-state index in [1.807, 2.05) is 23.1 Å². The minimum atomic E-state index is 0.00497. The van der Waals surface area contributed by atoms with Gasteiger partial charge in [-0.05, 0) is 30.5 Å².